The molecule has 0 fully saturated rings. The fourth-order valence-corrected chi connectivity index (χ4v) is 2.86. The van der Waals surface area contributed by atoms with Crippen LogP contribution >= 0.6 is 0 Å². The van der Waals surface area contributed by atoms with Crippen molar-refractivity contribution in [2.45, 2.75) is 27.4 Å². The van der Waals surface area contributed by atoms with Crippen LogP contribution in [-0.2, 0) is 6.61 Å². The van der Waals surface area contributed by atoms with Crippen LogP contribution in [0.1, 0.15) is 34.0 Å². The van der Waals surface area contributed by atoms with E-state index in [4.69, 9.17) is 9.47 Å². The van der Waals surface area contributed by atoms with Gasteiger partial charge >= 0.3 is 0 Å². The summed E-state index contributed by atoms with van der Waals surface area (Å²) in [5, 5.41) is 2.70. The first kappa shape index (κ1) is 20.4. The van der Waals surface area contributed by atoms with Gasteiger partial charge in [-0.15, -0.1) is 0 Å². The van der Waals surface area contributed by atoms with Crippen molar-refractivity contribution < 1.29 is 18.7 Å². The van der Waals surface area contributed by atoms with Crippen LogP contribution in [-0.4, -0.2) is 12.5 Å². The lowest BCUT2D eigenvalue weighted by molar-refractivity contribution is 0.102. The minimum absolute atomic E-state index is 0.263. The van der Waals surface area contributed by atoms with E-state index in [2.05, 4.69) is 5.32 Å². The molecule has 0 aromatic heterocycles. The smallest absolute Gasteiger partial charge is 0.255 e. The molecule has 0 heterocycles. The lowest BCUT2D eigenvalue weighted by atomic mass is 10.1. The van der Waals surface area contributed by atoms with E-state index in [1.54, 1.807) is 30.3 Å². The third kappa shape index (κ3) is 5.35. The zero-order valence-corrected chi connectivity index (χ0v) is 16.8. The van der Waals surface area contributed by atoms with Gasteiger partial charge in [0.05, 0.1) is 6.61 Å². The van der Waals surface area contributed by atoms with Crippen LogP contribution in [0.3, 0.4) is 0 Å². The second kappa shape index (κ2) is 9.24. The molecular weight excluding hydrogens is 369 g/mol. The Kier molecular flexibility index (Phi) is 6.50. The van der Waals surface area contributed by atoms with E-state index < -0.39 is 5.82 Å². The van der Waals surface area contributed by atoms with Crippen molar-refractivity contribution in [3.63, 3.8) is 0 Å². The number of carbonyl (C=O) groups excluding carboxylic acids is 1. The molecule has 4 nitrogen and oxygen atoms in total. The molecule has 0 aliphatic rings. The number of rotatable bonds is 7. The Hall–Kier alpha value is -3.34. The monoisotopic (exact) mass is 393 g/mol. The highest BCUT2D eigenvalue weighted by Gasteiger charge is 2.12. The Morgan fingerprint density at radius 2 is 1.79 bits per heavy atom. The third-order valence-electron chi connectivity index (χ3n) is 4.58. The maximum atomic E-state index is 13.4. The summed E-state index contributed by atoms with van der Waals surface area (Å²) in [6.45, 7) is 6.75. The van der Waals surface area contributed by atoms with Gasteiger partial charge in [0.2, 0.25) is 0 Å². The third-order valence-corrected chi connectivity index (χ3v) is 4.58. The van der Waals surface area contributed by atoms with E-state index in [1.807, 2.05) is 39.0 Å². The van der Waals surface area contributed by atoms with Crippen LogP contribution in [0.15, 0.2) is 60.7 Å². The molecule has 1 N–H and O–H groups in total. The molecule has 150 valence electrons. The van der Waals surface area contributed by atoms with Crippen LogP contribution in [0.2, 0.25) is 0 Å². The minimum atomic E-state index is -0.406. The van der Waals surface area contributed by atoms with Gasteiger partial charge in [0.25, 0.3) is 5.91 Å². The standard InChI is InChI=1S/C24H24FNO3/c1-4-28-23-11-9-18(24(27)26-21-7-5-6-20(25)14-21)13-19(23)15-29-22-10-8-16(2)17(3)12-22/h5-14H,4,15H2,1-3H3,(H,26,27). The molecular formula is C24H24FNO3. The van der Waals surface area contributed by atoms with Gasteiger partial charge in [0, 0.05) is 16.8 Å². The van der Waals surface area contributed by atoms with Crippen molar-refractivity contribution in [2.75, 3.05) is 11.9 Å². The predicted molar refractivity (Wildman–Crippen MR) is 112 cm³/mol. The first-order valence-electron chi connectivity index (χ1n) is 9.49. The molecule has 0 atom stereocenters. The van der Waals surface area contributed by atoms with Crippen LogP contribution < -0.4 is 14.8 Å². The lowest BCUT2D eigenvalue weighted by Crippen LogP contribution is -2.13. The maximum absolute atomic E-state index is 13.4. The molecule has 29 heavy (non-hydrogen) atoms. The highest BCUT2D eigenvalue weighted by atomic mass is 19.1. The second-order valence-corrected chi connectivity index (χ2v) is 6.75. The van der Waals surface area contributed by atoms with E-state index in [-0.39, 0.29) is 12.5 Å². The molecule has 5 heteroatoms. The normalized spacial score (nSPS) is 10.5. The Bertz CT molecular complexity index is 1020. The lowest BCUT2D eigenvalue weighted by Gasteiger charge is -2.14. The summed E-state index contributed by atoms with van der Waals surface area (Å²) in [4.78, 5) is 12.6. The molecule has 0 bridgehead atoms. The largest absolute Gasteiger partial charge is 0.493 e. The first-order chi connectivity index (χ1) is 14.0. The van der Waals surface area contributed by atoms with Gasteiger partial charge in [-0.05, 0) is 80.4 Å². The molecule has 0 saturated heterocycles. The Morgan fingerprint density at radius 3 is 2.52 bits per heavy atom. The van der Waals surface area contributed by atoms with Crippen molar-refractivity contribution in [1.29, 1.82) is 0 Å². The number of hydrogen-bond acceptors (Lipinski definition) is 3. The Balaban J connectivity index is 1.79. The predicted octanol–water partition coefficient (Wildman–Crippen LogP) is 5.67. The molecule has 3 aromatic carbocycles. The molecule has 0 saturated carbocycles. The SMILES string of the molecule is CCOc1ccc(C(=O)Nc2cccc(F)c2)cc1COc1ccc(C)c(C)c1. The topological polar surface area (TPSA) is 47.6 Å². The molecule has 3 rings (SSSR count). The average Bonchev–Trinajstić information content (AvgIpc) is 2.70. The molecule has 0 unspecified atom stereocenters. The maximum Gasteiger partial charge on any atom is 0.255 e. The highest BCUT2D eigenvalue weighted by molar-refractivity contribution is 6.04. The van der Waals surface area contributed by atoms with E-state index >= 15 is 0 Å². The molecule has 0 aliphatic carbocycles. The highest BCUT2D eigenvalue weighted by Crippen LogP contribution is 2.24. The van der Waals surface area contributed by atoms with E-state index in [0.717, 1.165) is 16.9 Å². The van der Waals surface area contributed by atoms with Gasteiger partial charge in [-0.1, -0.05) is 12.1 Å². The summed E-state index contributed by atoms with van der Waals surface area (Å²) >= 11 is 0. The van der Waals surface area contributed by atoms with Gasteiger partial charge in [-0.25, -0.2) is 4.39 Å². The van der Waals surface area contributed by atoms with Gasteiger partial charge in [-0.2, -0.15) is 0 Å². The van der Waals surface area contributed by atoms with Gasteiger partial charge in [0.15, 0.2) is 0 Å². The van der Waals surface area contributed by atoms with Crippen LogP contribution in [0.4, 0.5) is 10.1 Å². The van der Waals surface area contributed by atoms with E-state index in [9.17, 15) is 9.18 Å². The number of nitrogens with one attached hydrogen (secondary N) is 1. The fourth-order valence-electron chi connectivity index (χ4n) is 2.86. The minimum Gasteiger partial charge on any atom is -0.493 e. The summed E-state index contributed by atoms with van der Waals surface area (Å²) in [5.41, 5.74) is 3.95. The average molecular weight is 393 g/mol. The molecule has 0 spiro atoms. The number of carbonyl (C=O) groups is 1. The fraction of sp³-hybridized carbons (Fsp3) is 0.208. The first-order valence-corrected chi connectivity index (χ1v) is 9.49. The van der Waals surface area contributed by atoms with E-state index in [1.165, 1.54) is 17.7 Å². The Morgan fingerprint density at radius 1 is 0.966 bits per heavy atom. The summed E-state index contributed by atoms with van der Waals surface area (Å²) < 4.78 is 25.0. The van der Waals surface area contributed by atoms with Crippen LogP contribution in [0, 0.1) is 19.7 Å². The molecule has 3 aromatic rings. The molecule has 1 amide bonds. The number of halogens is 1. The van der Waals surface area contributed by atoms with E-state index in [0.29, 0.717) is 23.6 Å². The molecule has 0 aliphatic heterocycles. The number of benzene rings is 3. The summed E-state index contributed by atoms with van der Waals surface area (Å²) in [5.74, 6) is 0.687. The zero-order valence-electron chi connectivity index (χ0n) is 16.8. The van der Waals surface area contributed by atoms with Crippen molar-refractivity contribution >= 4 is 11.6 Å². The van der Waals surface area contributed by atoms with Gasteiger partial charge in [-0.3, -0.25) is 4.79 Å². The summed E-state index contributed by atoms with van der Waals surface area (Å²) in [6, 6.07) is 16.9. The quantitative estimate of drug-likeness (QED) is 0.562. The number of aryl methyl sites for hydroxylation is 2. The number of hydrogen-bond donors (Lipinski definition) is 1. The van der Waals surface area contributed by atoms with Crippen molar-refractivity contribution in [3.8, 4) is 11.5 Å². The van der Waals surface area contributed by atoms with Gasteiger partial charge in [0.1, 0.15) is 23.9 Å². The number of ether oxygens (including phenoxy) is 2. The Labute approximate surface area is 170 Å². The number of anilines is 1. The zero-order chi connectivity index (χ0) is 20.8. The van der Waals surface area contributed by atoms with Gasteiger partial charge < -0.3 is 14.8 Å². The number of amides is 1. The second-order valence-electron chi connectivity index (χ2n) is 6.75. The molecule has 0 radical (unpaired) electrons. The summed E-state index contributed by atoms with van der Waals surface area (Å²) in [6.07, 6.45) is 0. The van der Waals surface area contributed by atoms with Crippen molar-refractivity contribution in [3.05, 3.63) is 88.7 Å². The van der Waals surface area contributed by atoms with Crippen LogP contribution in [0.5, 0.6) is 11.5 Å². The van der Waals surface area contributed by atoms with Crippen molar-refractivity contribution in [1.82, 2.24) is 0 Å². The van der Waals surface area contributed by atoms with Crippen LogP contribution in [0.25, 0.3) is 0 Å². The van der Waals surface area contributed by atoms with Crippen molar-refractivity contribution in [2.24, 2.45) is 0 Å². The summed E-state index contributed by atoms with van der Waals surface area (Å²) in [7, 11) is 0.